The fourth-order valence-corrected chi connectivity index (χ4v) is 3.09. The molecule has 0 saturated heterocycles. The first-order valence-electron chi connectivity index (χ1n) is 8.61. The van der Waals surface area contributed by atoms with Gasteiger partial charge in [-0.15, -0.1) is 0 Å². The van der Waals surface area contributed by atoms with E-state index in [4.69, 9.17) is 0 Å². The molecule has 6 heteroatoms. The lowest BCUT2D eigenvalue weighted by Gasteiger charge is -2.10. The molecule has 0 N–H and O–H groups in total. The highest BCUT2D eigenvalue weighted by molar-refractivity contribution is 7.78. The molecule has 0 aromatic heterocycles. The molecule has 0 unspecified atom stereocenters. The summed E-state index contributed by atoms with van der Waals surface area (Å²) in [6.45, 7) is 2.10. The smallest absolute Gasteiger partial charge is 0.189 e. The molecule has 0 atom stereocenters. The van der Waals surface area contributed by atoms with Gasteiger partial charge in [-0.2, -0.15) is 4.99 Å². The fraction of sp³-hybridized carbons (Fsp3) is 0.136. The average Bonchev–Trinajstić information content (AvgIpc) is 2.71. The Hall–Kier alpha value is -2.82. The molecule has 3 aromatic rings. The van der Waals surface area contributed by atoms with Gasteiger partial charge in [-0.3, -0.25) is 0 Å². The van der Waals surface area contributed by atoms with Crippen molar-refractivity contribution < 1.29 is 17.6 Å². The Morgan fingerprint density at radius 2 is 1.21 bits per heavy atom. The van der Waals surface area contributed by atoms with Crippen LogP contribution < -0.4 is 0 Å². The number of aliphatic imine (C=N–C) groups is 1. The lowest BCUT2D eigenvalue weighted by Crippen LogP contribution is -2.00. The molecule has 142 valence electrons. The summed E-state index contributed by atoms with van der Waals surface area (Å²) >= 11 is 4.25. The Morgan fingerprint density at radius 1 is 0.750 bits per heavy atom. The van der Waals surface area contributed by atoms with Crippen LogP contribution in [0.1, 0.15) is 18.9 Å². The van der Waals surface area contributed by atoms with Crippen molar-refractivity contribution in [2.24, 2.45) is 4.99 Å². The maximum Gasteiger partial charge on any atom is 0.189 e. The minimum Gasteiger partial charge on any atom is -0.203 e. The van der Waals surface area contributed by atoms with Gasteiger partial charge in [0, 0.05) is 0 Å². The molecule has 0 spiro atoms. The van der Waals surface area contributed by atoms with Crippen LogP contribution in [0, 0.1) is 23.3 Å². The normalized spacial score (nSPS) is 10.6. The van der Waals surface area contributed by atoms with Crippen molar-refractivity contribution in [3.63, 3.8) is 0 Å². The van der Waals surface area contributed by atoms with Gasteiger partial charge in [0.25, 0.3) is 0 Å². The van der Waals surface area contributed by atoms with Gasteiger partial charge in [0.05, 0.1) is 10.7 Å². The predicted molar refractivity (Wildman–Crippen MR) is 106 cm³/mol. The number of isothiocyanates is 1. The van der Waals surface area contributed by atoms with Gasteiger partial charge < -0.3 is 0 Å². The number of halogens is 4. The first kappa shape index (κ1) is 19.9. The maximum atomic E-state index is 14.3. The lowest BCUT2D eigenvalue weighted by atomic mass is 9.98. The molecule has 0 radical (unpaired) electrons. The number of benzene rings is 3. The monoisotopic (exact) mass is 401 g/mol. The van der Waals surface area contributed by atoms with E-state index in [1.165, 1.54) is 17.7 Å². The molecule has 0 amide bonds. The van der Waals surface area contributed by atoms with Crippen molar-refractivity contribution in [1.29, 1.82) is 0 Å². The van der Waals surface area contributed by atoms with E-state index < -0.39 is 34.5 Å². The standard InChI is InChI=1S/C22H15F4NS/c1-2-3-13-4-6-14(7-5-13)15-8-10-16(11-9-15)17-18(23)20(25)22(27-12-28)21(26)19(17)24/h4-11H,2-3H2,1H3. The fourth-order valence-electron chi connectivity index (χ4n) is 3.00. The van der Waals surface area contributed by atoms with Crippen LogP contribution in [0.15, 0.2) is 53.5 Å². The molecular formula is C22H15F4NS. The molecule has 0 aliphatic rings. The second kappa shape index (κ2) is 8.46. The van der Waals surface area contributed by atoms with Crippen LogP contribution in [-0.4, -0.2) is 5.16 Å². The van der Waals surface area contributed by atoms with Gasteiger partial charge in [-0.1, -0.05) is 61.9 Å². The van der Waals surface area contributed by atoms with E-state index in [0.717, 1.165) is 24.0 Å². The van der Waals surface area contributed by atoms with Gasteiger partial charge in [-0.25, -0.2) is 17.6 Å². The number of nitrogens with zero attached hydrogens (tertiary/aromatic N) is 1. The highest BCUT2D eigenvalue weighted by atomic mass is 32.1. The summed E-state index contributed by atoms with van der Waals surface area (Å²) < 4.78 is 56.8. The third-order valence-corrected chi connectivity index (χ3v) is 4.49. The second-order valence-corrected chi connectivity index (χ2v) is 6.39. The van der Waals surface area contributed by atoms with Crippen molar-refractivity contribution in [1.82, 2.24) is 0 Å². The SMILES string of the molecule is CCCc1ccc(-c2ccc(-c3c(F)c(F)c(N=C=S)c(F)c3F)cc2)cc1. The van der Waals surface area contributed by atoms with Gasteiger partial charge in [0.1, 0.15) is 0 Å². The number of hydrogen-bond donors (Lipinski definition) is 0. The highest BCUT2D eigenvalue weighted by Gasteiger charge is 2.26. The van der Waals surface area contributed by atoms with Crippen LogP contribution in [0.4, 0.5) is 23.2 Å². The largest absolute Gasteiger partial charge is 0.203 e. The summed E-state index contributed by atoms with van der Waals surface area (Å²) in [6, 6.07) is 14.1. The van der Waals surface area contributed by atoms with E-state index >= 15 is 0 Å². The van der Waals surface area contributed by atoms with Crippen LogP contribution in [0.3, 0.4) is 0 Å². The zero-order valence-electron chi connectivity index (χ0n) is 14.9. The molecular weight excluding hydrogens is 386 g/mol. The Labute approximate surface area is 165 Å². The van der Waals surface area contributed by atoms with Crippen molar-refractivity contribution in [2.45, 2.75) is 19.8 Å². The van der Waals surface area contributed by atoms with Crippen LogP contribution in [0.2, 0.25) is 0 Å². The third kappa shape index (κ3) is 3.75. The molecule has 0 bridgehead atoms. The average molecular weight is 401 g/mol. The van der Waals surface area contributed by atoms with Gasteiger partial charge >= 0.3 is 0 Å². The lowest BCUT2D eigenvalue weighted by molar-refractivity contribution is 0.462. The number of aryl methyl sites for hydroxylation is 1. The van der Waals surface area contributed by atoms with Gasteiger partial charge in [0.15, 0.2) is 29.0 Å². The Kier molecular flexibility index (Phi) is 6.02. The molecule has 0 saturated carbocycles. The Morgan fingerprint density at radius 3 is 1.68 bits per heavy atom. The van der Waals surface area contributed by atoms with E-state index in [1.54, 1.807) is 17.3 Å². The Bertz CT molecular complexity index is 1020. The maximum absolute atomic E-state index is 14.3. The highest BCUT2D eigenvalue weighted by Crippen LogP contribution is 2.36. The number of rotatable bonds is 5. The summed E-state index contributed by atoms with van der Waals surface area (Å²) in [5.41, 5.74) is 1.06. The van der Waals surface area contributed by atoms with E-state index in [-0.39, 0.29) is 5.56 Å². The first-order valence-corrected chi connectivity index (χ1v) is 9.02. The summed E-state index contributed by atoms with van der Waals surface area (Å²) in [5.74, 6) is -6.28. The molecule has 28 heavy (non-hydrogen) atoms. The van der Waals surface area contributed by atoms with E-state index in [1.807, 2.05) is 24.3 Å². The van der Waals surface area contributed by atoms with Gasteiger partial charge in [0.2, 0.25) is 0 Å². The molecule has 1 nitrogen and oxygen atoms in total. The van der Waals surface area contributed by atoms with E-state index in [0.29, 0.717) is 0 Å². The minimum absolute atomic E-state index is 0.0111. The first-order chi connectivity index (χ1) is 13.5. The zero-order chi connectivity index (χ0) is 20.3. The van der Waals surface area contributed by atoms with Crippen molar-refractivity contribution in [3.05, 3.63) is 77.4 Å². The van der Waals surface area contributed by atoms with E-state index in [2.05, 4.69) is 24.1 Å². The molecule has 0 aliphatic heterocycles. The third-order valence-electron chi connectivity index (χ3n) is 4.40. The minimum atomic E-state index is -1.61. The molecule has 0 aliphatic carbocycles. The van der Waals surface area contributed by atoms with Crippen LogP contribution >= 0.6 is 12.2 Å². The Balaban J connectivity index is 2.01. The van der Waals surface area contributed by atoms with Crippen LogP contribution in [-0.2, 0) is 6.42 Å². The quantitative estimate of drug-likeness (QED) is 0.190. The molecule has 0 fully saturated rings. The zero-order valence-corrected chi connectivity index (χ0v) is 15.7. The molecule has 3 rings (SSSR count). The van der Waals surface area contributed by atoms with Gasteiger partial charge in [-0.05, 0) is 40.9 Å². The van der Waals surface area contributed by atoms with E-state index in [9.17, 15) is 17.6 Å². The summed E-state index contributed by atoms with van der Waals surface area (Å²) in [4.78, 5) is 3.07. The topological polar surface area (TPSA) is 12.4 Å². The molecule has 0 heterocycles. The number of hydrogen-bond acceptors (Lipinski definition) is 2. The molecule has 3 aromatic carbocycles. The van der Waals surface area contributed by atoms with Crippen molar-refractivity contribution in [3.8, 4) is 22.3 Å². The van der Waals surface area contributed by atoms with Crippen LogP contribution in [0.25, 0.3) is 22.3 Å². The second-order valence-electron chi connectivity index (χ2n) is 6.21. The summed E-state index contributed by atoms with van der Waals surface area (Å²) in [6.07, 6.45) is 2.03. The summed E-state index contributed by atoms with van der Waals surface area (Å²) in [7, 11) is 0. The van der Waals surface area contributed by atoms with Crippen LogP contribution in [0.5, 0.6) is 0 Å². The predicted octanol–water partition coefficient (Wildman–Crippen LogP) is 7.26. The number of thiocarbonyl (C=S) groups is 1. The summed E-state index contributed by atoms with van der Waals surface area (Å²) in [5, 5.41) is 1.71. The van der Waals surface area contributed by atoms with Crippen molar-refractivity contribution >= 4 is 23.1 Å². The van der Waals surface area contributed by atoms with Crippen molar-refractivity contribution in [2.75, 3.05) is 0 Å².